The number of Topliss-reactive ketones (excluding diaryl/α,β-unsaturated/α-hetero) is 1. The Hall–Kier alpha value is -3.65. The highest BCUT2D eigenvalue weighted by Crippen LogP contribution is 2.24. The lowest BCUT2D eigenvalue weighted by Gasteiger charge is -2.34. The second-order valence-corrected chi connectivity index (χ2v) is 9.44. The van der Waals surface area contributed by atoms with Crippen LogP contribution in [0.3, 0.4) is 0 Å². The van der Waals surface area contributed by atoms with E-state index in [1.54, 1.807) is 23.0 Å². The van der Waals surface area contributed by atoms with Crippen molar-refractivity contribution in [1.29, 1.82) is 0 Å². The smallest absolute Gasteiger partial charge is 0.214 e. The van der Waals surface area contributed by atoms with Crippen LogP contribution in [0.15, 0.2) is 55.0 Å². The van der Waals surface area contributed by atoms with E-state index in [1.165, 1.54) is 0 Å². The summed E-state index contributed by atoms with van der Waals surface area (Å²) in [5, 5.41) is 13.8. The predicted octanol–water partition coefficient (Wildman–Crippen LogP) is 4.10. The minimum atomic E-state index is -0.0380. The lowest BCUT2D eigenvalue weighted by molar-refractivity contribution is 0.0809. The fourth-order valence-electron chi connectivity index (χ4n) is 4.52. The van der Waals surface area contributed by atoms with E-state index in [0.717, 1.165) is 48.0 Å². The van der Waals surface area contributed by atoms with Crippen LogP contribution in [-0.4, -0.2) is 60.9 Å². The second-order valence-electron chi connectivity index (χ2n) is 9.44. The molecular formula is C27H30N6O2. The number of pyridine rings is 1. The summed E-state index contributed by atoms with van der Waals surface area (Å²) in [5.74, 6) is 0.466. The van der Waals surface area contributed by atoms with E-state index in [-0.39, 0.29) is 18.3 Å². The summed E-state index contributed by atoms with van der Waals surface area (Å²) in [6, 6.07) is 11.9. The van der Waals surface area contributed by atoms with E-state index in [4.69, 9.17) is 4.74 Å². The average Bonchev–Trinajstić information content (AvgIpc) is 3.30. The summed E-state index contributed by atoms with van der Waals surface area (Å²) >= 11 is 0. The van der Waals surface area contributed by atoms with Crippen molar-refractivity contribution in [2.24, 2.45) is 7.05 Å². The molecule has 0 radical (unpaired) electrons. The van der Waals surface area contributed by atoms with Gasteiger partial charge in [-0.3, -0.25) is 9.48 Å². The normalized spacial score (nSPS) is 15.1. The van der Waals surface area contributed by atoms with Crippen LogP contribution in [0, 0.1) is 0 Å². The quantitative estimate of drug-likeness (QED) is 0.376. The van der Waals surface area contributed by atoms with Crippen molar-refractivity contribution in [3.63, 3.8) is 0 Å². The van der Waals surface area contributed by atoms with E-state index < -0.39 is 0 Å². The van der Waals surface area contributed by atoms with E-state index in [9.17, 15) is 4.79 Å². The van der Waals surface area contributed by atoms with Crippen LogP contribution in [0.25, 0.3) is 22.0 Å². The molecule has 1 aromatic carbocycles. The number of carbonyl (C=O) groups is 1. The number of ether oxygens (including phenoxy) is 1. The minimum Gasteiger partial charge on any atom is -0.474 e. The van der Waals surface area contributed by atoms with Crippen LogP contribution in [0.1, 0.15) is 42.7 Å². The van der Waals surface area contributed by atoms with Crippen LogP contribution in [-0.2, 0) is 13.5 Å². The maximum atomic E-state index is 13.0. The van der Waals surface area contributed by atoms with Crippen LogP contribution < -0.4 is 4.74 Å². The third-order valence-corrected chi connectivity index (χ3v) is 6.57. The first kappa shape index (κ1) is 23.1. The Morgan fingerprint density at radius 1 is 1.09 bits per heavy atom. The number of rotatable bonds is 7. The van der Waals surface area contributed by atoms with Crippen LogP contribution >= 0.6 is 0 Å². The maximum Gasteiger partial charge on any atom is 0.214 e. The maximum absolute atomic E-state index is 13.0. The molecule has 35 heavy (non-hydrogen) atoms. The van der Waals surface area contributed by atoms with Gasteiger partial charge in [-0.2, -0.15) is 15.3 Å². The molecule has 1 aliphatic heterocycles. The van der Waals surface area contributed by atoms with Crippen LogP contribution in [0.2, 0.25) is 0 Å². The zero-order valence-electron chi connectivity index (χ0n) is 20.4. The number of hydrogen-bond acceptors (Lipinski definition) is 7. The van der Waals surface area contributed by atoms with Gasteiger partial charge in [-0.1, -0.05) is 6.07 Å². The van der Waals surface area contributed by atoms with Crippen LogP contribution in [0.4, 0.5) is 0 Å². The number of aryl methyl sites for hydroxylation is 1. The molecule has 8 heteroatoms. The van der Waals surface area contributed by atoms with Gasteiger partial charge in [0.2, 0.25) is 5.88 Å². The predicted molar refractivity (Wildman–Crippen MR) is 134 cm³/mol. The van der Waals surface area contributed by atoms with E-state index in [1.807, 2.05) is 37.6 Å². The summed E-state index contributed by atoms with van der Waals surface area (Å²) < 4.78 is 7.89. The largest absolute Gasteiger partial charge is 0.474 e. The van der Waals surface area contributed by atoms with Gasteiger partial charge >= 0.3 is 0 Å². The van der Waals surface area contributed by atoms with Gasteiger partial charge in [0.05, 0.1) is 23.8 Å². The van der Waals surface area contributed by atoms with Crippen molar-refractivity contribution in [2.75, 3.05) is 13.1 Å². The first-order valence-electron chi connectivity index (χ1n) is 12.1. The van der Waals surface area contributed by atoms with Gasteiger partial charge in [0.1, 0.15) is 6.10 Å². The van der Waals surface area contributed by atoms with E-state index >= 15 is 0 Å². The Morgan fingerprint density at radius 3 is 2.66 bits per heavy atom. The summed E-state index contributed by atoms with van der Waals surface area (Å²) in [4.78, 5) is 19.8. The molecular weight excluding hydrogens is 440 g/mol. The number of piperidine rings is 1. The number of hydrogen-bond donors (Lipinski definition) is 0. The van der Waals surface area contributed by atoms with Crippen molar-refractivity contribution in [3.8, 4) is 17.0 Å². The number of aromatic nitrogens is 5. The molecule has 4 aromatic rings. The monoisotopic (exact) mass is 470 g/mol. The molecule has 0 bridgehead atoms. The van der Waals surface area contributed by atoms with Crippen molar-refractivity contribution in [3.05, 3.63) is 66.2 Å². The highest BCUT2D eigenvalue weighted by molar-refractivity contribution is 5.97. The van der Waals surface area contributed by atoms with Crippen molar-refractivity contribution < 1.29 is 9.53 Å². The van der Waals surface area contributed by atoms with Gasteiger partial charge in [-0.15, -0.1) is 0 Å². The van der Waals surface area contributed by atoms with E-state index in [0.29, 0.717) is 23.2 Å². The molecule has 5 rings (SSSR count). The lowest BCUT2D eigenvalue weighted by atomic mass is 10.0. The first-order valence-corrected chi connectivity index (χ1v) is 12.1. The Labute approximate surface area is 205 Å². The van der Waals surface area contributed by atoms with E-state index in [2.05, 4.69) is 45.1 Å². The molecule has 0 spiro atoms. The number of nitrogens with zero attached hydrogens (tertiary/aromatic N) is 6. The highest BCUT2D eigenvalue weighted by Gasteiger charge is 2.22. The lowest BCUT2D eigenvalue weighted by Crippen LogP contribution is -2.41. The SMILES string of the molecule is CC(C)N1CCC(Oc2cc(C(=O)Cc3cc4cc(-c5cnn(C)c5)ccc4nn3)ccn2)CC1. The Morgan fingerprint density at radius 2 is 1.91 bits per heavy atom. The molecule has 4 heterocycles. The molecule has 8 nitrogen and oxygen atoms in total. The Balaban J connectivity index is 1.27. The number of carbonyl (C=O) groups excluding carboxylic acids is 1. The van der Waals surface area contributed by atoms with Crippen molar-refractivity contribution in [2.45, 2.75) is 45.3 Å². The summed E-state index contributed by atoms with van der Waals surface area (Å²) in [6.07, 6.45) is 7.66. The molecule has 0 saturated carbocycles. The number of likely N-dealkylation sites (tertiary alicyclic amines) is 1. The molecule has 0 amide bonds. The molecule has 1 fully saturated rings. The number of ketones is 1. The molecule has 0 atom stereocenters. The first-order chi connectivity index (χ1) is 16.9. The third kappa shape index (κ3) is 5.38. The zero-order chi connectivity index (χ0) is 24.4. The van der Waals surface area contributed by atoms with Gasteiger partial charge in [0.25, 0.3) is 0 Å². The standard InChI is InChI=1S/C27H30N6O2/c1-18(2)33-10-7-24(8-11-33)35-27-14-20(6-9-28-27)26(34)15-23-13-21-12-19(4-5-25(21)31-30-23)22-16-29-32(3)17-22/h4-6,9,12-14,16-18,24H,7-8,10-11,15H2,1-3H3. The average molecular weight is 471 g/mol. The zero-order valence-corrected chi connectivity index (χ0v) is 20.4. The van der Waals surface area contributed by atoms with Gasteiger partial charge in [-0.05, 0) is 56.5 Å². The second kappa shape index (κ2) is 9.92. The van der Waals surface area contributed by atoms with Crippen LogP contribution in [0.5, 0.6) is 5.88 Å². The topological polar surface area (TPSA) is 86.0 Å². The van der Waals surface area contributed by atoms with Gasteiger partial charge in [-0.25, -0.2) is 4.98 Å². The molecule has 0 unspecified atom stereocenters. The molecule has 1 saturated heterocycles. The molecule has 0 aliphatic carbocycles. The molecule has 3 aromatic heterocycles. The van der Waals surface area contributed by atoms with Gasteiger partial charge < -0.3 is 9.64 Å². The third-order valence-electron chi connectivity index (χ3n) is 6.57. The fraction of sp³-hybridized carbons (Fsp3) is 0.370. The fourth-order valence-corrected chi connectivity index (χ4v) is 4.52. The Bertz CT molecular complexity index is 1340. The summed E-state index contributed by atoms with van der Waals surface area (Å²) in [6.45, 7) is 6.48. The Kier molecular flexibility index (Phi) is 6.55. The number of fused-ring (bicyclic) bond motifs is 1. The molecule has 1 aliphatic rings. The van der Waals surface area contributed by atoms with Crippen molar-refractivity contribution >= 4 is 16.7 Å². The van der Waals surface area contributed by atoms with Gasteiger partial charge in [0.15, 0.2) is 5.78 Å². The van der Waals surface area contributed by atoms with Crippen molar-refractivity contribution in [1.82, 2.24) is 29.9 Å². The molecule has 0 N–H and O–H groups in total. The highest BCUT2D eigenvalue weighted by atomic mass is 16.5. The minimum absolute atomic E-state index is 0.0380. The summed E-state index contributed by atoms with van der Waals surface area (Å²) in [5.41, 5.74) is 4.07. The number of benzene rings is 1. The van der Waals surface area contributed by atoms with Gasteiger partial charge in [0, 0.05) is 61.2 Å². The molecule has 180 valence electrons. The summed E-state index contributed by atoms with van der Waals surface area (Å²) in [7, 11) is 1.89.